The largest absolute Gasteiger partial charge is 0.493 e. The summed E-state index contributed by atoms with van der Waals surface area (Å²) in [5, 5.41) is 0. The minimum atomic E-state index is 0.294. The number of nitrogens with zero attached hydrogens (tertiary/aromatic N) is 1. The van der Waals surface area contributed by atoms with Gasteiger partial charge in [0.25, 0.3) is 0 Å². The number of methoxy groups -OCH3 is 2. The van der Waals surface area contributed by atoms with Crippen molar-refractivity contribution in [1.29, 1.82) is 0 Å². The van der Waals surface area contributed by atoms with Crippen LogP contribution in [0, 0.1) is 0 Å². The Balaban J connectivity index is 1.70. The molecule has 2 saturated heterocycles. The third kappa shape index (κ3) is 2.45. The van der Waals surface area contributed by atoms with Crippen LogP contribution in [0.4, 0.5) is 0 Å². The van der Waals surface area contributed by atoms with Crippen LogP contribution in [0.5, 0.6) is 11.5 Å². The van der Waals surface area contributed by atoms with Crippen LogP contribution in [-0.4, -0.2) is 49.3 Å². The third-order valence-electron chi connectivity index (χ3n) is 6.82. The van der Waals surface area contributed by atoms with Gasteiger partial charge in [-0.05, 0) is 75.6 Å². The van der Waals surface area contributed by atoms with E-state index < -0.39 is 0 Å². The molecule has 1 aromatic carbocycles. The van der Waals surface area contributed by atoms with Crippen molar-refractivity contribution in [3.8, 4) is 11.5 Å². The van der Waals surface area contributed by atoms with Crippen molar-refractivity contribution in [3.63, 3.8) is 0 Å². The molecule has 0 aromatic heterocycles. The number of likely N-dealkylation sites (tertiary alicyclic amines) is 1. The maximum atomic E-state index is 5.59. The van der Waals surface area contributed by atoms with E-state index in [1.165, 1.54) is 56.4 Å². The summed E-state index contributed by atoms with van der Waals surface area (Å²) < 4.78 is 11.6. The van der Waals surface area contributed by atoms with E-state index in [-0.39, 0.29) is 0 Å². The van der Waals surface area contributed by atoms with Crippen LogP contribution in [-0.2, 0) is 5.41 Å². The standard InChI is InChI=1S/C20H29NO2S/c1-21-11-10-20(15-5-6-16(22-2)17(13-15)23-3)9-8-19(14-18(20)21)7-4-12-24-19/h5-6,13,18H,4,7-12,14H2,1-3H3/t18-,19?,20-/m0/s1. The van der Waals surface area contributed by atoms with Crippen molar-refractivity contribution >= 4 is 11.8 Å². The van der Waals surface area contributed by atoms with Crippen molar-refractivity contribution < 1.29 is 9.47 Å². The molecule has 1 unspecified atom stereocenters. The van der Waals surface area contributed by atoms with Crippen LogP contribution in [0.25, 0.3) is 0 Å². The van der Waals surface area contributed by atoms with Gasteiger partial charge >= 0.3 is 0 Å². The zero-order chi connectivity index (χ0) is 16.8. The number of thioether (sulfide) groups is 1. The first-order valence-electron chi connectivity index (χ1n) is 9.19. The summed E-state index contributed by atoms with van der Waals surface area (Å²) in [6.45, 7) is 1.21. The molecule has 2 aliphatic heterocycles. The number of rotatable bonds is 3. The lowest BCUT2D eigenvalue weighted by molar-refractivity contribution is 0.153. The Morgan fingerprint density at radius 2 is 1.92 bits per heavy atom. The predicted octanol–water partition coefficient (Wildman–Crippen LogP) is 4.10. The molecule has 3 atom stereocenters. The third-order valence-corrected chi connectivity index (χ3v) is 8.50. The molecule has 3 nitrogen and oxygen atoms in total. The van der Waals surface area contributed by atoms with Gasteiger partial charge in [0.2, 0.25) is 0 Å². The first-order valence-corrected chi connectivity index (χ1v) is 10.2. The number of likely N-dealkylation sites (N-methyl/N-ethyl adjacent to an activating group) is 1. The fourth-order valence-electron chi connectivity index (χ4n) is 5.41. The summed E-state index contributed by atoms with van der Waals surface area (Å²) in [4.78, 5) is 2.62. The summed E-state index contributed by atoms with van der Waals surface area (Å²) in [5.41, 5.74) is 1.75. The number of hydrogen-bond donors (Lipinski definition) is 0. The minimum Gasteiger partial charge on any atom is -0.493 e. The predicted molar refractivity (Wildman–Crippen MR) is 101 cm³/mol. The Bertz CT molecular complexity index is 614. The molecule has 3 aliphatic rings. The van der Waals surface area contributed by atoms with E-state index in [1.54, 1.807) is 14.2 Å². The molecule has 1 aliphatic carbocycles. The highest BCUT2D eigenvalue weighted by atomic mass is 32.2. The first kappa shape index (κ1) is 16.6. The average molecular weight is 348 g/mol. The molecule has 1 saturated carbocycles. The zero-order valence-electron chi connectivity index (χ0n) is 15.1. The molecule has 0 N–H and O–H groups in total. The highest BCUT2D eigenvalue weighted by Gasteiger charge is 2.55. The topological polar surface area (TPSA) is 21.7 Å². The van der Waals surface area contributed by atoms with Crippen molar-refractivity contribution in [3.05, 3.63) is 23.8 Å². The molecule has 1 aromatic rings. The van der Waals surface area contributed by atoms with E-state index in [2.05, 4.69) is 41.9 Å². The number of hydrogen-bond acceptors (Lipinski definition) is 4. The molecule has 4 rings (SSSR count). The van der Waals surface area contributed by atoms with Crippen molar-refractivity contribution in [2.45, 2.75) is 54.7 Å². The van der Waals surface area contributed by atoms with Gasteiger partial charge in [-0.3, -0.25) is 0 Å². The van der Waals surface area contributed by atoms with Crippen LogP contribution >= 0.6 is 11.8 Å². The van der Waals surface area contributed by atoms with Gasteiger partial charge in [0, 0.05) is 16.2 Å². The monoisotopic (exact) mass is 347 g/mol. The maximum absolute atomic E-state index is 5.59. The molecule has 2 heterocycles. The van der Waals surface area contributed by atoms with Gasteiger partial charge < -0.3 is 14.4 Å². The Morgan fingerprint density at radius 1 is 1.08 bits per heavy atom. The molecule has 24 heavy (non-hydrogen) atoms. The number of fused-ring (bicyclic) bond motifs is 1. The van der Waals surface area contributed by atoms with Crippen LogP contribution in [0.1, 0.15) is 44.1 Å². The molecular weight excluding hydrogens is 318 g/mol. The van der Waals surface area contributed by atoms with Crippen LogP contribution in [0.15, 0.2) is 18.2 Å². The van der Waals surface area contributed by atoms with Gasteiger partial charge in [0.05, 0.1) is 14.2 Å². The fraction of sp³-hybridized carbons (Fsp3) is 0.700. The van der Waals surface area contributed by atoms with E-state index >= 15 is 0 Å². The van der Waals surface area contributed by atoms with Gasteiger partial charge in [0.1, 0.15) is 0 Å². The van der Waals surface area contributed by atoms with Gasteiger partial charge in [-0.2, -0.15) is 11.8 Å². The van der Waals surface area contributed by atoms with Crippen molar-refractivity contribution in [1.82, 2.24) is 4.90 Å². The van der Waals surface area contributed by atoms with Crippen molar-refractivity contribution in [2.24, 2.45) is 0 Å². The Labute approximate surface area is 150 Å². The van der Waals surface area contributed by atoms with E-state index in [4.69, 9.17) is 9.47 Å². The second-order valence-corrected chi connectivity index (χ2v) is 9.37. The molecule has 0 radical (unpaired) electrons. The first-order chi connectivity index (χ1) is 11.6. The maximum Gasteiger partial charge on any atom is 0.161 e. The molecule has 132 valence electrons. The Morgan fingerprint density at radius 3 is 2.62 bits per heavy atom. The van der Waals surface area contributed by atoms with E-state index in [0.717, 1.165) is 11.5 Å². The van der Waals surface area contributed by atoms with E-state index in [9.17, 15) is 0 Å². The summed E-state index contributed by atoms with van der Waals surface area (Å²) in [6, 6.07) is 7.28. The summed E-state index contributed by atoms with van der Waals surface area (Å²) in [6.07, 6.45) is 8.13. The Hall–Kier alpha value is -0.870. The highest BCUT2D eigenvalue weighted by molar-refractivity contribution is 8.00. The quantitative estimate of drug-likeness (QED) is 0.821. The highest BCUT2D eigenvalue weighted by Crippen LogP contribution is 2.58. The second-order valence-electron chi connectivity index (χ2n) is 7.81. The SMILES string of the molecule is COc1ccc([C@]23CCN(C)[C@H]2CC2(CCCS2)CC3)cc1OC. The lowest BCUT2D eigenvalue weighted by Crippen LogP contribution is -2.50. The van der Waals surface area contributed by atoms with Gasteiger partial charge in [-0.15, -0.1) is 0 Å². The summed E-state index contributed by atoms with van der Waals surface area (Å²) >= 11 is 2.25. The molecule has 1 spiro atoms. The van der Waals surface area contributed by atoms with Crippen LogP contribution in [0.3, 0.4) is 0 Å². The van der Waals surface area contributed by atoms with Gasteiger partial charge in [-0.1, -0.05) is 6.07 Å². The zero-order valence-corrected chi connectivity index (χ0v) is 16.0. The molecule has 0 bridgehead atoms. The second kappa shape index (κ2) is 6.14. The van der Waals surface area contributed by atoms with Gasteiger partial charge in [-0.25, -0.2) is 0 Å². The molecule has 4 heteroatoms. The fourth-order valence-corrected chi connectivity index (χ4v) is 6.94. The summed E-state index contributed by atoms with van der Waals surface area (Å²) in [5.74, 6) is 3.06. The van der Waals surface area contributed by atoms with E-state index in [0.29, 0.717) is 16.2 Å². The minimum absolute atomic E-state index is 0.294. The van der Waals surface area contributed by atoms with Crippen molar-refractivity contribution in [2.75, 3.05) is 33.6 Å². The lowest BCUT2D eigenvalue weighted by Gasteiger charge is -2.49. The Kier molecular flexibility index (Phi) is 4.24. The molecule has 3 fully saturated rings. The van der Waals surface area contributed by atoms with Gasteiger partial charge in [0.15, 0.2) is 11.5 Å². The van der Waals surface area contributed by atoms with E-state index in [1.807, 2.05) is 0 Å². The average Bonchev–Trinajstić information content (AvgIpc) is 3.21. The number of ether oxygens (including phenoxy) is 2. The summed E-state index contributed by atoms with van der Waals surface area (Å²) in [7, 11) is 5.78. The molecule has 0 amide bonds. The van der Waals surface area contributed by atoms with Crippen LogP contribution < -0.4 is 9.47 Å². The number of benzene rings is 1. The normalized spacial score (nSPS) is 36.0. The molecular formula is C20H29NO2S. The smallest absolute Gasteiger partial charge is 0.161 e. The van der Waals surface area contributed by atoms with Crippen LogP contribution in [0.2, 0.25) is 0 Å². The lowest BCUT2D eigenvalue weighted by atomic mass is 9.62.